The van der Waals surface area contributed by atoms with Crippen LogP contribution in [0.4, 0.5) is 0 Å². The molecule has 0 heterocycles. The lowest BCUT2D eigenvalue weighted by Gasteiger charge is -2.36. The van der Waals surface area contributed by atoms with Crippen molar-refractivity contribution in [1.82, 2.24) is 0 Å². The molecule has 0 rings (SSSR count). The Morgan fingerprint density at radius 1 is 0.933 bits per heavy atom. The molecule has 0 aliphatic carbocycles. The quantitative estimate of drug-likeness (QED) is 0.628. The summed E-state index contributed by atoms with van der Waals surface area (Å²) >= 11 is 4.38. The molecule has 0 nitrogen and oxygen atoms in total. The Morgan fingerprint density at radius 2 is 1.40 bits per heavy atom. The van der Waals surface area contributed by atoms with Crippen molar-refractivity contribution < 1.29 is 0 Å². The highest BCUT2D eigenvalue weighted by atomic mass is 32.1. The second kappa shape index (κ2) is 5.61. The van der Waals surface area contributed by atoms with E-state index in [0.717, 1.165) is 17.6 Å². The van der Waals surface area contributed by atoms with Crippen LogP contribution < -0.4 is 0 Å². The minimum absolute atomic E-state index is 0.432. The van der Waals surface area contributed by atoms with E-state index in [4.69, 9.17) is 0 Å². The minimum Gasteiger partial charge on any atom is -0.179 e. The summed E-state index contributed by atoms with van der Waals surface area (Å²) in [7, 11) is 0. The van der Waals surface area contributed by atoms with Gasteiger partial charge in [0.25, 0.3) is 0 Å². The van der Waals surface area contributed by atoms with E-state index < -0.39 is 0 Å². The van der Waals surface area contributed by atoms with Crippen molar-refractivity contribution in [1.29, 1.82) is 0 Å². The van der Waals surface area contributed by atoms with Crippen LogP contribution in [0, 0.1) is 22.7 Å². The maximum Gasteiger partial charge on any atom is -0.00719 e. The van der Waals surface area contributed by atoms with Gasteiger partial charge in [-0.05, 0) is 41.3 Å². The summed E-state index contributed by atoms with van der Waals surface area (Å²) in [5.74, 6) is 2.52. The van der Waals surface area contributed by atoms with E-state index in [2.05, 4.69) is 61.1 Å². The van der Waals surface area contributed by atoms with E-state index in [0.29, 0.717) is 10.8 Å². The highest BCUT2D eigenvalue weighted by Gasteiger charge is 2.28. The Hall–Kier alpha value is 0.350. The van der Waals surface area contributed by atoms with Gasteiger partial charge in [0.1, 0.15) is 0 Å². The summed E-state index contributed by atoms with van der Waals surface area (Å²) in [6.45, 7) is 16.5. The molecule has 0 N–H and O–H groups in total. The molecule has 2 unspecified atom stereocenters. The van der Waals surface area contributed by atoms with E-state index in [1.54, 1.807) is 0 Å². The third-order valence-electron chi connectivity index (χ3n) is 3.55. The lowest BCUT2D eigenvalue weighted by molar-refractivity contribution is 0.151. The number of hydrogen-bond donors (Lipinski definition) is 1. The van der Waals surface area contributed by atoms with Gasteiger partial charge in [0.15, 0.2) is 0 Å². The molecule has 15 heavy (non-hydrogen) atoms. The van der Waals surface area contributed by atoms with Crippen LogP contribution >= 0.6 is 12.6 Å². The summed E-state index contributed by atoms with van der Waals surface area (Å²) in [6.07, 6.45) is 2.60. The molecule has 0 amide bonds. The van der Waals surface area contributed by atoms with Gasteiger partial charge in [-0.3, -0.25) is 0 Å². The first-order valence-electron chi connectivity index (χ1n) is 6.19. The van der Waals surface area contributed by atoms with Crippen molar-refractivity contribution in [2.24, 2.45) is 22.7 Å². The average Bonchev–Trinajstić information content (AvgIpc) is 2.00. The number of thiol groups is 1. The van der Waals surface area contributed by atoms with Crippen LogP contribution in [0.25, 0.3) is 0 Å². The van der Waals surface area contributed by atoms with Crippen molar-refractivity contribution in [3.63, 3.8) is 0 Å². The molecule has 0 aromatic rings. The van der Waals surface area contributed by atoms with Gasteiger partial charge in [-0.25, -0.2) is 0 Å². The Kier molecular flexibility index (Phi) is 5.74. The predicted molar refractivity (Wildman–Crippen MR) is 74.7 cm³/mol. The minimum atomic E-state index is 0.432. The molecule has 0 aromatic heterocycles. The van der Waals surface area contributed by atoms with Crippen LogP contribution in [0.3, 0.4) is 0 Å². The van der Waals surface area contributed by atoms with Gasteiger partial charge in [-0.2, -0.15) is 12.6 Å². The third kappa shape index (κ3) is 6.50. The van der Waals surface area contributed by atoms with Gasteiger partial charge < -0.3 is 0 Å². The summed E-state index contributed by atoms with van der Waals surface area (Å²) in [6, 6.07) is 0. The van der Waals surface area contributed by atoms with Gasteiger partial charge in [-0.15, -0.1) is 0 Å². The topological polar surface area (TPSA) is 0 Å². The van der Waals surface area contributed by atoms with Gasteiger partial charge in [0, 0.05) is 0 Å². The van der Waals surface area contributed by atoms with Gasteiger partial charge >= 0.3 is 0 Å². The highest BCUT2D eigenvalue weighted by Crippen LogP contribution is 2.39. The Morgan fingerprint density at radius 3 is 1.73 bits per heavy atom. The second-order valence-electron chi connectivity index (χ2n) is 7.13. The molecular formula is C14H30S. The summed E-state index contributed by atoms with van der Waals surface area (Å²) in [5, 5.41) is 0. The van der Waals surface area contributed by atoms with Crippen LogP contribution in [0.1, 0.15) is 61.3 Å². The molecule has 0 bridgehead atoms. The maximum atomic E-state index is 4.38. The van der Waals surface area contributed by atoms with E-state index in [1.165, 1.54) is 12.8 Å². The van der Waals surface area contributed by atoms with Crippen molar-refractivity contribution in [3.05, 3.63) is 0 Å². The smallest absolute Gasteiger partial charge is 0.00719 e. The van der Waals surface area contributed by atoms with Crippen molar-refractivity contribution >= 4 is 12.6 Å². The predicted octanol–water partition coefficient (Wildman–Crippen LogP) is 5.04. The Balaban J connectivity index is 4.25. The third-order valence-corrected chi connectivity index (χ3v) is 4.17. The molecule has 0 saturated carbocycles. The van der Waals surface area contributed by atoms with E-state index in [1.807, 2.05) is 0 Å². The second-order valence-corrected chi connectivity index (χ2v) is 7.49. The highest BCUT2D eigenvalue weighted by molar-refractivity contribution is 7.80. The standard InChI is InChI=1S/C14H30S/c1-11(10-15)8-14(6,7)9-12(2)13(3,4)5/h11-12,15H,8-10H2,1-7H3. The lowest BCUT2D eigenvalue weighted by atomic mass is 9.70. The summed E-state index contributed by atoms with van der Waals surface area (Å²) < 4.78 is 0. The normalized spacial score (nSPS) is 17.6. The van der Waals surface area contributed by atoms with Crippen molar-refractivity contribution in [2.75, 3.05) is 5.75 Å². The molecule has 1 heteroatoms. The first-order chi connectivity index (χ1) is 6.58. The zero-order chi connectivity index (χ0) is 12.3. The SMILES string of the molecule is CC(CS)CC(C)(C)CC(C)C(C)(C)C. The lowest BCUT2D eigenvalue weighted by Crippen LogP contribution is -2.26. The van der Waals surface area contributed by atoms with Crippen LogP contribution in [0.5, 0.6) is 0 Å². The molecule has 92 valence electrons. The maximum absolute atomic E-state index is 4.38. The fourth-order valence-corrected chi connectivity index (χ4v) is 2.36. The first kappa shape index (κ1) is 15.3. The van der Waals surface area contributed by atoms with Gasteiger partial charge in [0.05, 0.1) is 0 Å². The van der Waals surface area contributed by atoms with E-state index in [9.17, 15) is 0 Å². The molecule has 0 saturated heterocycles. The first-order valence-corrected chi connectivity index (χ1v) is 6.82. The number of hydrogen-bond acceptors (Lipinski definition) is 1. The van der Waals surface area contributed by atoms with Crippen LogP contribution in [-0.2, 0) is 0 Å². The van der Waals surface area contributed by atoms with Gasteiger partial charge in [-0.1, -0.05) is 48.5 Å². The van der Waals surface area contributed by atoms with E-state index >= 15 is 0 Å². The average molecular weight is 230 g/mol. The molecule has 0 aromatic carbocycles. The monoisotopic (exact) mass is 230 g/mol. The largest absolute Gasteiger partial charge is 0.179 e. The summed E-state index contributed by atoms with van der Waals surface area (Å²) in [4.78, 5) is 0. The molecular weight excluding hydrogens is 200 g/mol. The fourth-order valence-electron chi connectivity index (χ4n) is 2.23. The van der Waals surface area contributed by atoms with Crippen LogP contribution in [0.2, 0.25) is 0 Å². The Bertz CT molecular complexity index is 176. The Labute approximate surface area is 103 Å². The fraction of sp³-hybridized carbons (Fsp3) is 1.00. The molecule has 2 atom stereocenters. The molecule has 0 radical (unpaired) electrons. The van der Waals surface area contributed by atoms with Crippen LogP contribution in [0.15, 0.2) is 0 Å². The summed E-state index contributed by atoms with van der Waals surface area (Å²) in [5.41, 5.74) is 0.885. The molecule has 0 aliphatic heterocycles. The zero-order valence-electron chi connectivity index (χ0n) is 11.7. The number of rotatable bonds is 5. The molecule has 0 spiro atoms. The molecule has 0 aliphatic rings. The zero-order valence-corrected chi connectivity index (χ0v) is 12.6. The van der Waals surface area contributed by atoms with Crippen molar-refractivity contribution in [3.8, 4) is 0 Å². The molecule has 0 fully saturated rings. The van der Waals surface area contributed by atoms with E-state index in [-0.39, 0.29) is 0 Å². The van der Waals surface area contributed by atoms with Gasteiger partial charge in [0.2, 0.25) is 0 Å². The van der Waals surface area contributed by atoms with Crippen molar-refractivity contribution in [2.45, 2.75) is 61.3 Å². The van der Waals surface area contributed by atoms with Crippen LogP contribution in [-0.4, -0.2) is 5.75 Å².